The molecule has 2 fully saturated rings. The van der Waals surface area contributed by atoms with Gasteiger partial charge in [0.25, 0.3) is 0 Å². The van der Waals surface area contributed by atoms with Gasteiger partial charge in [0.15, 0.2) is 0 Å². The Balaban J connectivity index is 1.81. The van der Waals surface area contributed by atoms with Crippen molar-refractivity contribution in [3.63, 3.8) is 0 Å². The van der Waals surface area contributed by atoms with Crippen LogP contribution in [0.3, 0.4) is 0 Å². The number of carboxylic acids is 1. The molecule has 1 aromatic rings. The highest BCUT2D eigenvalue weighted by atomic mass is 16.4. The lowest BCUT2D eigenvalue weighted by Crippen LogP contribution is -2.34. The lowest BCUT2D eigenvalue weighted by atomic mass is 9.62. The van der Waals surface area contributed by atoms with E-state index in [1.807, 2.05) is 0 Å². The van der Waals surface area contributed by atoms with Crippen molar-refractivity contribution in [1.29, 1.82) is 0 Å². The molecule has 0 spiro atoms. The summed E-state index contributed by atoms with van der Waals surface area (Å²) in [6.07, 6.45) is 7.14. The van der Waals surface area contributed by atoms with E-state index in [1.54, 1.807) is 0 Å². The fourth-order valence-electron chi connectivity index (χ4n) is 5.63. The minimum Gasteiger partial charge on any atom is -0.478 e. The van der Waals surface area contributed by atoms with Crippen molar-refractivity contribution < 1.29 is 9.90 Å². The van der Waals surface area contributed by atoms with Crippen molar-refractivity contribution in [1.82, 2.24) is 0 Å². The monoisotopic (exact) mass is 338 g/mol. The molecule has 134 valence electrons. The van der Waals surface area contributed by atoms with E-state index in [2.05, 4.69) is 46.8 Å². The van der Waals surface area contributed by atoms with Gasteiger partial charge in [-0.15, -0.1) is 0 Å². The van der Waals surface area contributed by atoms with Crippen LogP contribution in [0.15, 0.2) is 23.8 Å². The summed E-state index contributed by atoms with van der Waals surface area (Å²) in [4.78, 5) is 11.1. The van der Waals surface area contributed by atoms with Gasteiger partial charge < -0.3 is 5.11 Å². The number of carbonyl (C=O) groups is 1. The van der Waals surface area contributed by atoms with E-state index in [4.69, 9.17) is 5.11 Å². The first kappa shape index (κ1) is 16.9. The van der Waals surface area contributed by atoms with Crippen molar-refractivity contribution >= 4 is 5.97 Å². The smallest absolute Gasteiger partial charge is 0.328 e. The topological polar surface area (TPSA) is 37.3 Å². The number of carboxylic acid groups (broad SMARTS) is 1. The number of aliphatic carboxylic acids is 1. The number of allylic oxidation sites excluding steroid dienone is 1. The molecule has 0 amide bonds. The number of rotatable bonds is 2. The fourth-order valence-corrected chi connectivity index (χ4v) is 5.63. The maximum absolute atomic E-state index is 11.1. The van der Waals surface area contributed by atoms with Crippen molar-refractivity contribution in [3.8, 4) is 0 Å². The molecule has 0 saturated heterocycles. The van der Waals surface area contributed by atoms with Gasteiger partial charge in [-0.2, -0.15) is 0 Å². The molecule has 2 nitrogen and oxygen atoms in total. The van der Waals surface area contributed by atoms with Gasteiger partial charge in [0.1, 0.15) is 0 Å². The number of hydrogen-bond acceptors (Lipinski definition) is 1. The van der Waals surface area contributed by atoms with E-state index in [1.165, 1.54) is 41.2 Å². The summed E-state index contributed by atoms with van der Waals surface area (Å²) < 4.78 is 0. The summed E-state index contributed by atoms with van der Waals surface area (Å²) >= 11 is 0. The third-order valence-electron chi connectivity index (χ3n) is 7.43. The Labute approximate surface area is 151 Å². The van der Waals surface area contributed by atoms with Gasteiger partial charge in [-0.1, -0.05) is 45.4 Å². The van der Waals surface area contributed by atoms with Gasteiger partial charge in [-0.25, -0.2) is 4.79 Å². The zero-order chi connectivity index (χ0) is 18.2. The molecule has 0 radical (unpaired) electrons. The minimum atomic E-state index is -0.789. The average Bonchev–Trinajstić information content (AvgIpc) is 3.15. The van der Waals surface area contributed by atoms with Crippen molar-refractivity contribution in [2.24, 2.45) is 5.92 Å². The number of fused-ring (bicyclic) bond motifs is 2. The highest BCUT2D eigenvalue weighted by Crippen LogP contribution is 2.67. The van der Waals surface area contributed by atoms with E-state index in [0.717, 1.165) is 24.8 Å². The molecule has 25 heavy (non-hydrogen) atoms. The average molecular weight is 338 g/mol. The third kappa shape index (κ3) is 2.40. The van der Waals surface area contributed by atoms with E-state index in [9.17, 15) is 4.79 Å². The molecular formula is C23H30O2. The highest BCUT2D eigenvalue weighted by molar-refractivity contribution is 5.81. The summed E-state index contributed by atoms with van der Waals surface area (Å²) in [5, 5.41) is 9.13. The number of benzene rings is 1. The highest BCUT2D eigenvalue weighted by Gasteiger charge is 2.61. The molecule has 3 aliphatic carbocycles. The summed E-state index contributed by atoms with van der Waals surface area (Å²) in [5.74, 6) is -0.331. The Kier molecular flexibility index (Phi) is 3.37. The van der Waals surface area contributed by atoms with Crippen LogP contribution < -0.4 is 0 Å². The Morgan fingerprint density at radius 2 is 1.64 bits per heavy atom. The van der Waals surface area contributed by atoms with Crippen molar-refractivity contribution in [2.45, 2.75) is 83.0 Å². The van der Waals surface area contributed by atoms with Crippen LogP contribution in [0.25, 0.3) is 0 Å². The van der Waals surface area contributed by atoms with Crippen LogP contribution in [0.5, 0.6) is 0 Å². The van der Waals surface area contributed by atoms with Crippen LogP contribution in [0.2, 0.25) is 0 Å². The van der Waals surface area contributed by atoms with Crippen molar-refractivity contribution in [2.75, 3.05) is 0 Å². The predicted octanol–water partition coefficient (Wildman–Crippen LogP) is 5.41. The van der Waals surface area contributed by atoms with Crippen LogP contribution in [-0.4, -0.2) is 11.1 Å². The summed E-state index contributed by atoms with van der Waals surface area (Å²) in [7, 11) is 0. The summed E-state index contributed by atoms with van der Waals surface area (Å²) in [6.45, 7) is 11.8. The SMILES string of the molecule is Cc1cc2c(cc1C13CC/C(=C\C(=O)O)C1C3)C(C)(C)CCC2(C)C. The van der Waals surface area contributed by atoms with Crippen LogP contribution in [-0.2, 0) is 21.0 Å². The van der Waals surface area contributed by atoms with Gasteiger partial charge in [0.05, 0.1) is 0 Å². The molecule has 0 aliphatic heterocycles. The summed E-state index contributed by atoms with van der Waals surface area (Å²) in [6, 6.07) is 4.96. The lowest BCUT2D eigenvalue weighted by molar-refractivity contribution is -0.131. The fraction of sp³-hybridized carbons (Fsp3) is 0.609. The molecule has 1 aromatic carbocycles. The first-order chi connectivity index (χ1) is 11.6. The zero-order valence-corrected chi connectivity index (χ0v) is 16.2. The maximum atomic E-state index is 11.1. The standard InChI is InChI=1S/C23H30O2/c1-14-10-17-18(22(4,5)9-8-21(17,2)3)12-16(14)23-7-6-15(11-20(24)25)19(23)13-23/h10-12,19H,6-9,13H2,1-5H3,(H,24,25)/b15-11+. The number of hydrogen-bond donors (Lipinski definition) is 1. The molecular weight excluding hydrogens is 308 g/mol. The second kappa shape index (κ2) is 4.99. The van der Waals surface area contributed by atoms with Crippen LogP contribution in [0.1, 0.15) is 82.1 Å². The zero-order valence-electron chi connectivity index (χ0n) is 16.2. The van der Waals surface area contributed by atoms with Gasteiger partial charge in [0, 0.05) is 11.5 Å². The minimum absolute atomic E-state index is 0.220. The Bertz CT molecular complexity index is 797. The predicted molar refractivity (Wildman–Crippen MR) is 101 cm³/mol. The lowest BCUT2D eigenvalue weighted by Gasteiger charge is -2.43. The molecule has 0 heterocycles. The maximum Gasteiger partial charge on any atom is 0.328 e. The quantitative estimate of drug-likeness (QED) is 0.732. The Morgan fingerprint density at radius 3 is 2.20 bits per heavy atom. The Morgan fingerprint density at radius 1 is 1.04 bits per heavy atom. The van der Waals surface area contributed by atoms with Crippen LogP contribution >= 0.6 is 0 Å². The van der Waals surface area contributed by atoms with Crippen LogP contribution in [0, 0.1) is 12.8 Å². The van der Waals surface area contributed by atoms with Crippen LogP contribution in [0.4, 0.5) is 0 Å². The van der Waals surface area contributed by atoms with Crippen molar-refractivity contribution in [3.05, 3.63) is 46.0 Å². The molecule has 2 unspecified atom stereocenters. The molecule has 1 N–H and O–H groups in total. The van der Waals surface area contributed by atoms with Gasteiger partial charge in [0.2, 0.25) is 0 Å². The second-order valence-corrected chi connectivity index (χ2v) is 9.95. The Hall–Kier alpha value is -1.57. The van der Waals surface area contributed by atoms with E-state index >= 15 is 0 Å². The van der Waals surface area contributed by atoms with E-state index < -0.39 is 5.97 Å². The normalized spacial score (nSPS) is 33.0. The largest absolute Gasteiger partial charge is 0.478 e. The molecule has 4 rings (SSSR count). The number of aryl methyl sites for hydroxylation is 1. The van der Waals surface area contributed by atoms with E-state index in [0.29, 0.717) is 5.92 Å². The van der Waals surface area contributed by atoms with Gasteiger partial charge in [-0.05, 0) is 78.0 Å². The third-order valence-corrected chi connectivity index (χ3v) is 7.43. The molecule has 2 atom stereocenters. The van der Waals surface area contributed by atoms with Gasteiger partial charge in [-0.3, -0.25) is 0 Å². The summed E-state index contributed by atoms with van der Waals surface area (Å²) in [5.41, 5.74) is 7.81. The molecule has 2 heteroatoms. The first-order valence-electron chi connectivity index (χ1n) is 9.66. The first-order valence-corrected chi connectivity index (χ1v) is 9.66. The van der Waals surface area contributed by atoms with Gasteiger partial charge >= 0.3 is 5.97 Å². The molecule has 3 aliphatic rings. The molecule has 0 aromatic heterocycles. The molecule has 0 bridgehead atoms. The second-order valence-electron chi connectivity index (χ2n) is 9.95. The molecule has 2 saturated carbocycles. The van der Waals surface area contributed by atoms with E-state index in [-0.39, 0.29) is 16.2 Å².